The Hall–Kier alpha value is -2.47. The normalized spacial score (nSPS) is 23.1. The number of likely N-dealkylation sites (tertiary alicyclic amines) is 1. The maximum absolute atomic E-state index is 13.7. The minimum atomic E-state index is -0.748. The highest BCUT2D eigenvalue weighted by atomic mass is 19.1. The second-order valence-electron chi connectivity index (χ2n) is 7.74. The zero-order valence-electron chi connectivity index (χ0n) is 14.7. The first-order valence-corrected chi connectivity index (χ1v) is 9.37. The zero-order chi connectivity index (χ0) is 18.7. The summed E-state index contributed by atoms with van der Waals surface area (Å²) in [5.74, 6) is -0.492. The molecule has 1 amide bonds. The van der Waals surface area contributed by atoms with Crippen molar-refractivity contribution in [2.75, 3.05) is 6.54 Å². The minimum Gasteiger partial charge on any atom is -0.389 e. The standard InChI is InChI=1S/C21H20F2N2O2/c22-13-2-5-19-17(8-13)18-9-14(23)3-6-20(18)25(19)11-16(26)10-24-15-4-1-12(7-15)21(24)27/h2-3,5-6,8-9,12,15-16,26H,1,4,7,10-11H2/t12-,15+,16?/m0/s1. The van der Waals surface area contributed by atoms with Crippen LogP contribution in [-0.4, -0.2) is 39.2 Å². The molecule has 4 nitrogen and oxygen atoms in total. The fourth-order valence-corrected chi connectivity index (χ4v) is 4.86. The molecule has 0 radical (unpaired) electrons. The predicted octanol–water partition coefficient (Wildman–Crippen LogP) is 3.44. The monoisotopic (exact) mass is 370 g/mol. The molecular formula is C21H20F2N2O2. The molecular weight excluding hydrogens is 350 g/mol. The highest BCUT2D eigenvalue weighted by Gasteiger charge is 2.44. The molecule has 27 heavy (non-hydrogen) atoms. The summed E-state index contributed by atoms with van der Waals surface area (Å²) in [6.45, 7) is 0.558. The van der Waals surface area contributed by atoms with Gasteiger partial charge in [0.1, 0.15) is 11.6 Å². The van der Waals surface area contributed by atoms with Crippen molar-refractivity contribution in [3.8, 4) is 0 Å². The zero-order valence-corrected chi connectivity index (χ0v) is 14.7. The van der Waals surface area contributed by atoms with Crippen LogP contribution in [0.15, 0.2) is 36.4 Å². The molecule has 2 aromatic carbocycles. The summed E-state index contributed by atoms with van der Waals surface area (Å²) in [4.78, 5) is 14.1. The molecule has 2 bridgehead atoms. The van der Waals surface area contributed by atoms with E-state index in [0.29, 0.717) is 17.3 Å². The lowest BCUT2D eigenvalue weighted by atomic mass is 10.1. The van der Waals surface area contributed by atoms with Gasteiger partial charge in [-0.3, -0.25) is 4.79 Å². The van der Waals surface area contributed by atoms with Crippen LogP contribution in [0.2, 0.25) is 0 Å². The molecule has 1 saturated heterocycles. The molecule has 2 heterocycles. The number of nitrogens with zero attached hydrogens (tertiary/aromatic N) is 2. The summed E-state index contributed by atoms with van der Waals surface area (Å²) in [7, 11) is 0. The molecule has 1 aliphatic heterocycles. The quantitative estimate of drug-likeness (QED) is 0.765. The Labute approximate surface area is 155 Å². The van der Waals surface area contributed by atoms with Crippen molar-refractivity contribution in [2.24, 2.45) is 5.92 Å². The molecule has 2 aliphatic rings. The number of halogens is 2. The lowest BCUT2D eigenvalue weighted by Gasteiger charge is -2.29. The van der Waals surface area contributed by atoms with E-state index < -0.39 is 6.10 Å². The molecule has 3 aromatic rings. The third-order valence-corrected chi connectivity index (χ3v) is 6.07. The fourth-order valence-electron chi connectivity index (χ4n) is 4.86. The van der Waals surface area contributed by atoms with E-state index in [-0.39, 0.29) is 36.0 Å². The van der Waals surface area contributed by atoms with Crippen LogP contribution in [0.1, 0.15) is 19.3 Å². The topological polar surface area (TPSA) is 45.5 Å². The number of fused-ring (bicyclic) bond motifs is 5. The largest absolute Gasteiger partial charge is 0.389 e. The van der Waals surface area contributed by atoms with E-state index in [2.05, 4.69) is 0 Å². The van der Waals surface area contributed by atoms with Gasteiger partial charge in [-0.05, 0) is 55.7 Å². The average molecular weight is 370 g/mol. The van der Waals surface area contributed by atoms with Crippen molar-refractivity contribution in [1.29, 1.82) is 0 Å². The van der Waals surface area contributed by atoms with Crippen LogP contribution in [0.3, 0.4) is 0 Å². The Kier molecular flexibility index (Phi) is 3.72. The van der Waals surface area contributed by atoms with Gasteiger partial charge >= 0.3 is 0 Å². The van der Waals surface area contributed by atoms with E-state index in [1.807, 2.05) is 9.47 Å². The van der Waals surface area contributed by atoms with E-state index >= 15 is 0 Å². The number of rotatable bonds is 4. The molecule has 2 fully saturated rings. The first kappa shape index (κ1) is 16.7. The summed E-state index contributed by atoms with van der Waals surface area (Å²) in [5.41, 5.74) is 1.48. The number of hydrogen-bond donors (Lipinski definition) is 1. The molecule has 6 heteroatoms. The molecule has 1 aromatic heterocycles. The first-order valence-electron chi connectivity index (χ1n) is 9.37. The number of piperidine rings is 1. The van der Waals surface area contributed by atoms with Crippen LogP contribution in [0.5, 0.6) is 0 Å². The number of amides is 1. The Balaban J connectivity index is 1.49. The van der Waals surface area contributed by atoms with Crippen molar-refractivity contribution in [3.05, 3.63) is 48.0 Å². The van der Waals surface area contributed by atoms with Gasteiger partial charge in [-0.25, -0.2) is 8.78 Å². The third-order valence-electron chi connectivity index (χ3n) is 6.07. The van der Waals surface area contributed by atoms with Crippen molar-refractivity contribution < 1.29 is 18.7 Å². The predicted molar refractivity (Wildman–Crippen MR) is 98.2 cm³/mol. The summed E-state index contributed by atoms with van der Waals surface area (Å²) in [6, 6.07) is 9.06. The van der Waals surface area contributed by atoms with E-state index in [9.17, 15) is 18.7 Å². The van der Waals surface area contributed by atoms with Gasteiger partial charge < -0.3 is 14.6 Å². The molecule has 5 rings (SSSR count). The number of hydrogen-bond acceptors (Lipinski definition) is 2. The molecule has 140 valence electrons. The highest BCUT2D eigenvalue weighted by Crippen LogP contribution is 2.38. The second kappa shape index (κ2) is 6.02. The van der Waals surface area contributed by atoms with Gasteiger partial charge in [-0.2, -0.15) is 0 Å². The molecule has 1 saturated carbocycles. The van der Waals surface area contributed by atoms with Crippen LogP contribution in [0.4, 0.5) is 8.78 Å². The van der Waals surface area contributed by atoms with Gasteiger partial charge in [0.15, 0.2) is 0 Å². The maximum atomic E-state index is 13.7. The number of carbonyl (C=O) groups is 1. The van der Waals surface area contributed by atoms with Crippen molar-refractivity contribution in [1.82, 2.24) is 9.47 Å². The molecule has 0 spiro atoms. The van der Waals surface area contributed by atoms with Crippen LogP contribution in [0, 0.1) is 17.6 Å². The number of carbonyl (C=O) groups excluding carboxylic acids is 1. The Bertz CT molecular complexity index is 1000. The van der Waals surface area contributed by atoms with Gasteiger partial charge in [-0.15, -0.1) is 0 Å². The second-order valence-corrected chi connectivity index (χ2v) is 7.74. The van der Waals surface area contributed by atoms with Crippen LogP contribution < -0.4 is 0 Å². The van der Waals surface area contributed by atoms with Gasteiger partial charge in [0.2, 0.25) is 5.91 Å². The smallest absolute Gasteiger partial charge is 0.226 e. The lowest BCUT2D eigenvalue weighted by molar-refractivity contribution is -0.135. The number of benzene rings is 2. The van der Waals surface area contributed by atoms with E-state index in [1.54, 1.807) is 12.1 Å². The van der Waals surface area contributed by atoms with Crippen molar-refractivity contribution in [3.63, 3.8) is 0 Å². The van der Waals surface area contributed by atoms with E-state index in [0.717, 1.165) is 30.3 Å². The molecule has 1 unspecified atom stereocenters. The van der Waals surface area contributed by atoms with Crippen LogP contribution in [0.25, 0.3) is 21.8 Å². The molecule has 1 aliphatic carbocycles. The summed E-state index contributed by atoms with van der Waals surface area (Å²) >= 11 is 0. The summed E-state index contributed by atoms with van der Waals surface area (Å²) in [5, 5.41) is 11.9. The SMILES string of the molecule is O=C1[C@H]2CC[C@H](C2)N1CC(O)Cn1c2ccc(F)cc2c2cc(F)ccc21. The van der Waals surface area contributed by atoms with Gasteiger partial charge in [0.05, 0.1) is 12.6 Å². The number of aliphatic hydroxyl groups excluding tert-OH is 1. The first-order chi connectivity index (χ1) is 13.0. The van der Waals surface area contributed by atoms with E-state index in [4.69, 9.17) is 0 Å². The molecule has 1 N–H and O–H groups in total. The Morgan fingerprint density at radius 3 is 2.19 bits per heavy atom. The summed E-state index contributed by atoms with van der Waals surface area (Å²) in [6.07, 6.45) is 2.12. The highest BCUT2D eigenvalue weighted by molar-refractivity contribution is 6.08. The Morgan fingerprint density at radius 2 is 1.63 bits per heavy atom. The third kappa shape index (κ3) is 2.62. The number of aliphatic hydroxyl groups is 1. The Morgan fingerprint density at radius 1 is 1.00 bits per heavy atom. The van der Waals surface area contributed by atoms with Crippen molar-refractivity contribution in [2.45, 2.75) is 38.0 Å². The lowest BCUT2D eigenvalue weighted by Crippen LogP contribution is -2.43. The minimum absolute atomic E-state index is 0.126. The van der Waals surface area contributed by atoms with Gasteiger partial charge in [0.25, 0.3) is 0 Å². The fraction of sp³-hybridized carbons (Fsp3) is 0.381. The van der Waals surface area contributed by atoms with E-state index in [1.165, 1.54) is 24.3 Å². The average Bonchev–Trinajstić information content (AvgIpc) is 3.30. The van der Waals surface area contributed by atoms with Gasteiger partial charge in [-0.1, -0.05) is 0 Å². The van der Waals surface area contributed by atoms with Crippen LogP contribution >= 0.6 is 0 Å². The number of β-amino-alcohol motifs (C(OH)–C–C–N with tert-alkyl or cyclic N) is 1. The maximum Gasteiger partial charge on any atom is 0.226 e. The van der Waals surface area contributed by atoms with Crippen LogP contribution in [-0.2, 0) is 11.3 Å². The molecule has 3 atom stereocenters. The van der Waals surface area contributed by atoms with Crippen molar-refractivity contribution >= 4 is 27.7 Å². The van der Waals surface area contributed by atoms with Gasteiger partial charge in [0, 0.05) is 40.3 Å². The number of aromatic nitrogens is 1. The summed E-state index contributed by atoms with van der Waals surface area (Å²) < 4.78 is 29.4.